The molecule has 96 valence electrons. The average Bonchev–Trinajstić information content (AvgIpc) is 2.87. The molecule has 1 heterocycles. The van der Waals surface area contributed by atoms with Gasteiger partial charge in [-0.2, -0.15) is 0 Å². The molecule has 0 amide bonds. The fourth-order valence-electron chi connectivity index (χ4n) is 1.57. The second-order valence-electron chi connectivity index (χ2n) is 5.58. The molecule has 0 aliphatic heterocycles. The molecule has 0 saturated heterocycles. The lowest BCUT2D eigenvalue weighted by molar-refractivity contribution is 1.38. The van der Waals surface area contributed by atoms with E-state index in [1.54, 1.807) is 0 Å². The first-order valence-electron chi connectivity index (χ1n) is 6.48. The summed E-state index contributed by atoms with van der Waals surface area (Å²) < 4.78 is 0. The maximum atomic E-state index is 3.38. The standard InChI is InChI=1S/C17H19NSi/c1-19(2,3)14-12-16-8-6-15(7-9-16)10-11-17-5-4-13-18-17/h4-11,13,18H,1-3H3/b11-10+. The molecule has 0 bridgehead atoms. The average molecular weight is 265 g/mol. The van der Waals surface area contributed by atoms with Gasteiger partial charge in [0.1, 0.15) is 8.07 Å². The summed E-state index contributed by atoms with van der Waals surface area (Å²) in [5, 5.41) is 0. The highest BCUT2D eigenvalue weighted by molar-refractivity contribution is 6.83. The lowest BCUT2D eigenvalue weighted by Crippen LogP contribution is -2.16. The maximum absolute atomic E-state index is 3.38. The van der Waals surface area contributed by atoms with Gasteiger partial charge in [0.15, 0.2) is 0 Å². The van der Waals surface area contributed by atoms with E-state index in [2.05, 4.69) is 72.5 Å². The molecule has 2 aromatic rings. The Morgan fingerprint density at radius 2 is 1.74 bits per heavy atom. The molecule has 0 aliphatic rings. The monoisotopic (exact) mass is 265 g/mol. The van der Waals surface area contributed by atoms with Crippen molar-refractivity contribution in [3.63, 3.8) is 0 Å². The van der Waals surface area contributed by atoms with E-state index in [1.165, 1.54) is 5.56 Å². The number of hydrogen-bond donors (Lipinski definition) is 1. The van der Waals surface area contributed by atoms with Crippen LogP contribution in [0.4, 0.5) is 0 Å². The van der Waals surface area contributed by atoms with Gasteiger partial charge in [-0.05, 0) is 35.9 Å². The van der Waals surface area contributed by atoms with Crippen LogP contribution < -0.4 is 0 Å². The summed E-state index contributed by atoms with van der Waals surface area (Å²) in [4.78, 5) is 3.15. The van der Waals surface area contributed by atoms with Crippen LogP contribution in [0.15, 0.2) is 42.6 Å². The lowest BCUT2D eigenvalue weighted by Gasteiger charge is -2.03. The molecule has 2 heteroatoms. The summed E-state index contributed by atoms with van der Waals surface area (Å²) >= 11 is 0. The van der Waals surface area contributed by atoms with E-state index in [0.717, 1.165) is 11.3 Å². The number of aromatic nitrogens is 1. The Bertz CT molecular complexity index is 602. The molecule has 1 N–H and O–H groups in total. The van der Waals surface area contributed by atoms with Gasteiger partial charge in [0.25, 0.3) is 0 Å². The Balaban J connectivity index is 2.08. The Morgan fingerprint density at radius 3 is 2.32 bits per heavy atom. The fourth-order valence-corrected chi connectivity index (χ4v) is 2.09. The summed E-state index contributed by atoms with van der Waals surface area (Å²) in [6.45, 7) is 6.77. The summed E-state index contributed by atoms with van der Waals surface area (Å²) in [6.07, 6.45) is 6.10. The fraction of sp³-hybridized carbons (Fsp3) is 0.176. The van der Waals surface area contributed by atoms with Gasteiger partial charge in [0, 0.05) is 17.5 Å². The number of H-pyrrole nitrogens is 1. The highest BCUT2D eigenvalue weighted by atomic mass is 28.3. The molecule has 1 nitrogen and oxygen atoms in total. The number of aromatic amines is 1. The van der Waals surface area contributed by atoms with Crippen molar-refractivity contribution in [3.8, 4) is 11.5 Å². The quantitative estimate of drug-likeness (QED) is 0.611. The van der Waals surface area contributed by atoms with Gasteiger partial charge in [-0.25, -0.2) is 0 Å². The highest BCUT2D eigenvalue weighted by Crippen LogP contribution is 2.08. The topological polar surface area (TPSA) is 15.8 Å². The summed E-state index contributed by atoms with van der Waals surface area (Å²) in [5.41, 5.74) is 6.78. The normalized spacial score (nSPS) is 11.3. The van der Waals surface area contributed by atoms with Crippen molar-refractivity contribution in [2.75, 3.05) is 0 Å². The third-order valence-corrected chi connectivity index (χ3v) is 3.44. The molecule has 0 fully saturated rings. The Hall–Kier alpha value is -1.98. The van der Waals surface area contributed by atoms with Crippen molar-refractivity contribution >= 4 is 20.2 Å². The van der Waals surface area contributed by atoms with E-state index >= 15 is 0 Å². The van der Waals surface area contributed by atoms with Crippen LogP contribution in [0, 0.1) is 11.5 Å². The third kappa shape index (κ3) is 4.65. The van der Waals surface area contributed by atoms with Crippen LogP contribution in [0.1, 0.15) is 16.8 Å². The predicted octanol–water partition coefficient (Wildman–Crippen LogP) is 4.41. The lowest BCUT2D eigenvalue weighted by atomic mass is 10.1. The van der Waals surface area contributed by atoms with Crippen LogP contribution in [0.3, 0.4) is 0 Å². The minimum absolute atomic E-state index is 1.10. The second-order valence-corrected chi connectivity index (χ2v) is 10.3. The summed E-state index contributed by atoms with van der Waals surface area (Å²) in [6, 6.07) is 12.4. The van der Waals surface area contributed by atoms with E-state index < -0.39 is 8.07 Å². The van der Waals surface area contributed by atoms with Gasteiger partial charge in [0.2, 0.25) is 0 Å². The molecule has 0 radical (unpaired) electrons. The van der Waals surface area contributed by atoms with Gasteiger partial charge in [-0.15, -0.1) is 5.54 Å². The van der Waals surface area contributed by atoms with Crippen LogP contribution in [0.5, 0.6) is 0 Å². The van der Waals surface area contributed by atoms with E-state index in [-0.39, 0.29) is 0 Å². The minimum atomic E-state index is -1.28. The molecule has 1 aromatic carbocycles. The van der Waals surface area contributed by atoms with Gasteiger partial charge in [-0.1, -0.05) is 43.8 Å². The zero-order valence-corrected chi connectivity index (χ0v) is 12.7. The zero-order valence-electron chi connectivity index (χ0n) is 11.7. The zero-order chi connectivity index (χ0) is 13.7. The van der Waals surface area contributed by atoms with E-state index in [4.69, 9.17) is 0 Å². The first kappa shape index (κ1) is 13.4. The third-order valence-electron chi connectivity index (χ3n) is 2.57. The van der Waals surface area contributed by atoms with Crippen molar-refractivity contribution in [1.82, 2.24) is 4.98 Å². The van der Waals surface area contributed by atoms with Crippen LogP contribution in [0.25, 0.3) is 12.2 Å². The van der Waals surface area contributed by atoms with Crippen molar-refractivity contribution in [2.24, 2.45) is 0 Å². The van der Waals surface area contributed by atoms with Crippen LogP contribution in [-0.4, -0.2) is 13.1 Å². The van der Waals surface area contributed by atoms with Gasteiger partial charge in [0.05, 0.1) is 0 Å². The molecule has 0 unspecified atom stereocenters. The SMILES string of the molecule is C[Si](C)(C)C#Cc1ccc(/C=C/c2ccc[nH]2)cc1. The Labute approximate surface area is 116 Å². The molecule has 19 heavy (non-hydrogen) atoms. The van der Waals surface area contributed by atoms with Crippen LogP contribution in [0.2, 0.25) is 19.6 Å². The maximum Gasteiger partial charge on any atom is 0.129 e. The Morgan fingerprint density at radius 1 is 1.00 bits per heavy atom. The number of benzene rings is 1. The van der Waals surface area contributed by atoms with Crippen molar-refractivity contribution < 1.29 is 0 Å². The minimum Gasteiger partial charge on any atom is -0.362 e. The molecule has 0 spiro atoms. The second kappa shape index (κ2) is 5.77. The number of nitrogens with one attached hydrogen (secondary N) is 1. The van der Waals surface area contributed by atoms with E-state index in [1.807, 2.05) is 18.3 Å². The molecule has 1 aromatic heterocycles. The molecular weight excluding hydrogens is 246 g/mol. The van der Waals surface area contributed by atoms with Crippen LogP contribution >= 0.6 is 0 Å². The first-order valence-corrected chi connectivity index (χ1v) is 9.98. The van der Waals surface area contributed by atoms with Gasteiger partial charge < -0.3 is 4.98 Å². The predicted molar refractivity (Wildman–Crippen MR) is 86.4 cm³/mol. The van der Waals surface area contributed by atoms with Gasteiger partial charge >= 0.3 is 0 Å². The van der Waals surface area contributed by atoms with Crippen molar-refractivity contribution in [3.05, 3.63) is 59.4 Å². The van der Waals surface area contributed by atoms with Crippen LogP contribution in [-0.2, 0) is 0 Å². The largest absolute Gasteiger partial charge is 0.362 e. The molecule has 0 saturated carbocycles. The van der Waals surface area contributed by atoms with Gasteiger partial charge in [-0.3, -0.25) is 0 Å². The first-order chi connectivity index (χ1) is 9.03. The number of rotatable bonds is 2. The molecular formula is C17H19NSi. The van der Waals surface area contributed by atoms with E-state index in [0.29, 0.717) is 0 Å². The Kier molecular flexibility index (Phi) is 4.09. The van der Waals surface area contributed by atoms with E-state index in [9.17, 15) is 0 Å². The number of hydrogen-bond acceptors (Lipinski definition) is 0. The molecule has 2 rings (SSSR count). The molecule has 0 atom stereocenters. The van der Waals surface area contributed by atoms with Crippen molar-refractivity contribution in [2.45, 2.75) is 19.6 Å². The highest BCUT2D eigenvalue weighted by Gasteiger charge is 2.07. The smallest absolute Gasteiger partial charge is 0.129 e. The molecule has 0 aliphatic carbocycles. The van der Waals surface area contributed by atoms with Crippen molar-refractivity contribution in [1.29, 1.82) is 0 Å². The summed E-state index contributed by atoms with van der Waals surface area (Å²) in [7, 11) is -1.28. The summed E-state index contributed by atoms with van der Waals surface area (Å²) in [5.74, 6) is 3.26.